The average molecular weight is 426 g/mol. The zero-order valence-corrected chi connectivity index (χ0v) is 17.3. The number of rotatable bonds is 4. The van der Waals surface area contributed by atoms with E-state index in [0.717, 1.165) is 6.07 Å². The molecule has 0 saturated heterocycles. The van der Waals surface area contributed by atoms with Gasteiger partial charge in [-0.25, -0.2) is 0 Å². The number of hydrogen-bond acceptors (Lipinski definition) is 5. The van der Waals surface area contributed by atoms with Crippen LogP contribution in [-0.2, 0) is 6.42 Å². The Balaban J connectivity index is 2.47. The van der Waals surface area contributed by atoms with Crippen molar-refractivity contribution < 1.29 is 27.4 Å². The van der Waals surface area contributed by atoms with Crippen molar-refractivity contribution in [1.29, 1.82) is 0 Å². The fourth-order valence-electron chi connectivity index (χ4n) is 3.81. The maximum atomic E-state index is 13.9. The van der Waals surface area contributed by atoms with E-state index in [2.05, 4.69) is 0 Å². The number of halogens is 3. The fraction of sp³-hybridized carbons (Fsp3) is 0.381. The molecule has 156 valence electrons. The van der Waals surface area contributed by atoms with Crippen LogP contribution in [0.1, 0.15) is 23.5 Å². The van der Waals surface area contributed by atoms with Crippen LogP contribution in [0.5, 0.6) is 17.2 Å². The molecule has 0 unspecified atom stereocenters. The van der Waals surface area contributed by atoms with E-state index in [1.807, 2.05) is 0 Å². The molecule has 2 aromatic rings. The highest BCUT2D eigenvalue weighted by Crippen LogP contribution is 2.52. The molecule has 4 nitrogen and oxygen atoms in total. The number of ether oxygens (including phenoxy) is 3. The number of thioether (sulfide) groups is 1. The van der Waals surface area contributed by atoms with Crippen LogP contribution in [0.2, 0.25) is 0 Å². The van der Waals surface area contributed by atoms with E-state index in [0.29, 0.717) is 33.1 Å². The molecule has 0 fully saturated rings. The minimum absolute atomic E-state index is 0.0490. The summed E-state index contributed by atoms with van der Waals surface area (Å²) >= 11 is 1.20. The van der Waals surface area contributed by atoms with Crippen molar-refractivity contribution in [2.45, 2.75) is 29.8 Å². The Morgan fingerprint density at radius 3 is 2.28 bits per heavy atom. The van der Waals surface area contributed by atoms with E-state index in [1.165, 1.54) is 33.1 Å². The van der Waals surface area contributed by atoms with Gasteiger partial charge in [0.15, 0.2) is 16.9 Å². The molecule has 0 saturated carbocycles. The molecule has 2 aromatic carbocycles. The number of alkyl halides is 3. The maximum Gasteiger partial charge on any atom is 0.395 e. The quantitative estimate of drug-likeness (QED) is 0.640. The lowest BCUT2D eigenvalue weighted by Crippen LogP contribution is -2.21. The van der Waals surface area contributed by atoms with E-state index in [4.69, 9.17) is 14.2 Å². The first-order valence-corrected chi connectivity index (χ1v) is 10.1. The molecule has 1 aliphatic carbocycles. The first kappa shape index (κ1) is 21.4. The molecular weight excluding hydrogens is 405 g/mol. The Hall–Kier alpha value is -2.35. The monoisotopic (exact) mass is 426 g/mol. The van der Waals surface area contributed by atoms with E-state index < -0.39 is 17.5 Å². The van der Waals surface area contributed by atoms with Crippen molar-refractivity contribution in [3.05, 3.63) is 45.6 Å². The predicted octanol–water partition coefficient (Wildman–Crippen LogP) is 5.05. The van der Waals surface area contributed by atoms with Crippen LogP contribution in [0.25, 0.3) is 11.1 Å². The summed E-state index contributed by atoms with van der Waals surface area (Å²) in [7, 11) is 4.33. The Kier molecular flexibility index (Phi) is 6.03. The van der Waals surface area contributed by atoms with Gasteiger partial charge in [0.25, 0.3) is 0 Å². The summed E-state index contributed by atoms with van der Waals surface area (Å²) < 4.78 is 58.2. The maximum absolute atomic E-state index is 13.9. The Morgan fingerprint density at radius 2 is 1.72 bits per heavy atom. The molecule has 29 heavy (non-hydrogen) atoms. The highest BCUT2D eigenvalue weighted by molar-refractivity contribution is 7.98. The predicted molar refractivity (Wildman–Crippen MR) is 107 cm³/mol. The van der Waals surface area contributed by atoms with Gasteiger partial charge in [-0.2, -0.15) is 13.2 Å². The molecule has 0 amide bonds. The van der Waals surface area contributed by atoms with E-state index >= 15 is 0 Å². The zero-order valence-electron chi connectivity index (χ0n) is 16.5. The summed E-state index contributed by atoms with van der Waals surface area (Å²) in [5.41, 5.74) is 0.976. The largest absolute Gasteiger partial charge is 0.493 e. The third kappa shape index (κ3) is 3.77. The molecule has 0 heterocycles. The molecule has 0 aliphatic heterocycles. The third-order valence-electron chi connectivity index (χ3n) is 5.12. The van der Waals surface area contributed by atoms with Gasteiger partial charge in [-0.3, -0.25) is 4.79 Å². The summed E-state index contributed by atoms with van der Waals surface area (Å²) in [5, 5.41) is 0. The normalized spacial score (nSPS) is 15.8. The van der Waals surface area contributed by atoms with E-state index in [9.17, 15) is 18.0 Å². The van der Waals surface area contributed by atoms with Crippen molar-refractivity contribution in [2.75, 3.05) is 27.6 Å². The molecule has 1 aliphatic rings. The Morgan fingerprint density at radius 1 is 1.03 bits per heavy atom. The minimum atomic E-state index is -4.49. The lowest BCUT2D eigenvalue weighted by molar-refractivity contribution is -0.151. The highest BCUT2D eigenvalue weighted by Gasteiger charge is 2.43. The van der Waals surface area contributed by atoms with Gasteiger partial charge in [-0.1, -0.05) is 6.07 Å². The summed E-state index contributed by atoms with van der Waals surface area (Å²) in [6.07, 6.45) is -2.80. The fourth-order valence-corrected chi connectivity index (χ4v) is 4.27. The molecule has 0 N–H and O–H groups in total. The van der Waals surface area contributed by atoms with Crippen LogP contribution in [0, 0.1) is 0 Å². The van der Waals surface area contributed by atoms with Crippen molar-refractivity contribution in [3.8, 4) is 28.4 Å². The van der Waals surface area contributed by atoms with Crippen LogP contribution in [0.4, 0.5) is 13.2 Å². The average Bonchev–Trinajstić information content (AvgIpc) is 2.93. The highest BCUT2D eigenvalue weighted by atomic mass is 32.2. The molecule has 8 heteroatoms. The summed E-state index contributed by atoms with van der Waals surface area (Å²) in [5.74, 6) is -0.800. The van der Waals surface area contributed by atoms with Crippen LogP contribution < -0.4 is 19.6 Å². The van der Waals surface area contributed by atoms with Crippen LogP contribution >= 0.6 is 11.8 Å². The second-order valence-electron chi connectivity index (χ2n) is 6.59. The second-order valence-corrected chi connectivity index (χ2v) is 7.44. The van der Waals surface area contributed by atoms with Gasteiger partial charge in [0.1, 0.15) is 0 Å². The Bertz CT molecular complexity index is 989. The first-order valence-electron chi connectivity index (χ1n) is 8.88. The van der Waals surface area contributed by atoms with Gasteiger partial charge in [0.05, 0.1) is 32.1 Å². The molecule has 1 atom stereocenters. The SMILES string of the molecule is COc1cc2c(c(OC)c1OC)-c1ccc(SC)c(=O)cc1[C@H](C(F)(F)F)CC2. The number of benzene rings is 1. The van der Waals surface area contributed by atoms with Crippen molar-refractivity contribution in [3.63, 3.8) is 0 Å². The number of aryl methyl sites for hydroxylation is 1. The van der Waals surface area contributed by atoms with Gasteiger partial charge in [-0.05, 0) is 54.0 Å². The minimum Gasteiger partial charge on any atom is -0.493 e. The van der Waals surface area contributed by atoms with Crippen molar-refractivity contribution in [1.82, 2.24) is 0 Å². The molecule has 0 radical (unpaired) electrons. The van der Waals surface area contributed by atoms with Gasteiger partial charge < -0.3 is 14.2 Å². The number of fused-ring (bicyclic) bond motifs is 3. The van der Waals surface area contributed by atoms with Gasteiger partial charge in [-0.15, -0.1) is 11.8 Å². The summed E-state index contributed by atoms with van der Waals surface area (Å²) in [6, 6.07) is 5.93. The first-order chi connectivity index (χ1) is 13.8. The third-order valence-corrected chi connectivity index (χ3v) is 5.89. The van der Waals surface area contributed by atoms with Crippen molar-refractivity contribution >= 4 is 11.8 Å². The molecule has 0 aromatic heterocycles. The van der Waals surface area contributed by atoms with Gasteiger partial charge in [0, 0.05) is 5.56 Å². The lowest BCUT2D eigenvalue weighted by atomic mass is 9.92. The van der Waals surface area contributed by atoms with Crippen LogP contribution in [-0.4, -0.2) is 33.8 Å². The number of hydrogen-bond donors (Lipinski definition) is 0. The number of methoxy groups -OCH3 is 3. The second kappa shape index (κ2) is 8.18. The summed E-state index contributed by atoms with van der Waals surface area (Å²) in [4.78, 5) is 12.9. The molecule has 3 rings (SSSR count). The zero-order chi connectivity index (χ0) is 21.3. The lowest BCUT2D eigenvalue weighted by Gasteiger charge is -2.20. The molecule has 0 bridgehead atoms. The van der Waals surface area contributed by atoms with E-state index in [-0.39, 0.29) is 24.2 Å². The van der Waals surface area contributed by atoms with Crippen LogP contribution in [0.15, 0.2) is 34.0 Å². The molecular formula is C21H21F3O4S. The molecule has 0 spiro atoms. The smallest absolute Gasteiger partial charge is 0.395 e. The van der Waals surface area contributed by atoms with Crippen LogP contribution in [0.3, 0.4) is 0 Å². The van der Waals surface area contributed by atoms with E-state index in [1.54, 1.807) is 24.5 Å². The van der Waals surface area contributed by atoms with Gasteiger partial charge in [0.2, 0.25) is 5.75 Å². The Labute approximate surface area is 171 Å². The standard InChI is InChI=1S/C21H21F3O4S/c1-26-16-9-11-5-7-14(21(22,23)24)13-10-15(25)17(29-4)8-6-12(13)18(11)20(28-3)19(16)27-2/h6,8-10,14H,5,7H2,1-4H3/t14-/m1/s1. The topological polar surface area (TPSA) is 44.8 Å². The summed E-state index contributed by atoms with van der Waals surface area (Å²) in [6.45, 7) is 0. The van der Waals surface area contributed by atoms with Crippen molar-refractivity contribution in [2.24, 2.45) is 0 Å². The van der Waals surface area contributed by atoms with Gasteiger partial charge >= 0.3 is 6.18 Å².